The Balaban J connectivity index is 2.34. The van der Waals surface area contributed by atoms with E-state index in [-0.39, 0.29) is 29.9 Å². The maximum Gasteiger partial charge on any atom is 0.243 e. The summed E-state index contributed by atoms with van der Waals surface area (Å²) in [5.41, 5.74) is 0.619. The molecule has 0 aliphatic rings. The zero-order valence-corrected chi connectivity index (χ0v) is 17.5. The maximum absolute atomic E-state index is 13.1. The SMILES string of the molecule is CC[C@H](C)NC(=O)CN(Cc1ccccc1Cl)S(=O)(=O)c1ccc(Cl)cc1. The fourth-order valence-corrected chi connectivity index (χ4v) is 4.08. The van der Waals surface area contributed by atoms with Gasteiger partial charge >= 0.3 is 0 Å². The molecule has 0 heterocycles. The van der Waals surface area contributed by atoms with E-state index in [1.807, 2.05) is 13.8 Å². The van der Waals surface area contributed by atoms with Gasteiger partial charge in [-0.05, 0) is 49.2 Å². The van der Waals surface area contributed by atoms with E-state index in [9.17, 15) is 13.2 Å². The van der Waals surface area contributed by atoms with Gasteiger partial charge in [0.05, 0.1) is 11.4 Å². The van der Waals surface area contributed by atoms with Crippen molar-refractivity contribution in [2.45, 2.75) is 37.8 Å². The van der Waals surface area contributed by atoms with Gasteiger partial charge in [-0.25, -0.2) is 8.42 Å². The summed E-state index contributed by atoms with van der Waals surface area (Å²) in [4.78, 5) is 12.4. The van der Waals surface area contributed by atoms with Gasteiger partial charge in [-0.1, -0.05) is 48.3 Å². The molecule has 0 spiro atoms. The average Bonchev–Trinajstić information content (AvgIpc) is 2.63. The van der Waals surface area contributed by atoms with E-state index < -0.39 is 10.0 Å². The van der Waals surface area contributed by atoms with Crippen molar-refractivity contribution in [3.05, 3.63) is 64.1 Å². The summed E-state index contributed by atoms with van der Waals surface area (Å²) in [5, 5.41) is 3.67. The third-order valence-corrected chi connectivity index (χ3v) is 6.52. The Morgan fingerprint density at radius 3 is 2.33 bits per heavy atom. The summed E-state index contributed by atoms with van der Waals surface area (Å²) in [6.07, 6.45) is 0.750. The highest BCUT2D eigenvalue weighted by Crippen LogP contribution is 2.23. The number of rotatable bonds is 8. The molecule has 1 N–H and O–H groups in total. The zero-order valence-electron chi connectivity index (χ0n) is 15.2. The quantitative estimate of drug-likeness (QED) is 0.687. The second-order valence-corrected chi connectivity index (χ2v) is 8.98. The van der Waals surface area contributed by atoms with E-state index in [4.69, 9.17) is 23.2 Å². The van der Waals surface area contributed by atoms with Crippen molar-refractivity contribution in [1.82, 2.24) is 9.62 Å². The van der Waals surface area contributed by atoms with Gasteiger partial charge in [0.1, 0.15) is 0 Å². The van der Waals surface area contributed by atoms with Crippen LogP contribution in [0.4, 0.5) is 0 Å². The van der Waals surface area contributed by atoms with Gasteiger partial charge in [0.2, 0.25) is 15.9 Å². The number of amides is 1. The number of hydrogen-bond donors (Lipinski definition) is 1. The number of nitrogens with zero attached hydrogens (tertiary/aromatic N) is 1. The summed E-state index contributed by atoms with van der Waals surface area (Å²) in [6.45, 7) is 3.49. The van der Waals surface area contributed by atoms with Gasteiger partial charge in [0.25, 0.3) is 0 Å². The summed E-state index contributed by atoms with van der Waals surface area (Å²) < 4.78 is 27.3. The van der Waals surface area contributed by atoms with Crippen LogP contribution in [0.5, 0.6) is 0 Å². The molecule has 5 nitrogen and oxygen atoms in total. The predicted octanol–water partition coefficient (Wildman–Crippen LogP) is 4.10. The average molecular weight is 429 g/mol. The molecule has 0 unspecified atom stereocenters. The first-order valence-electron chi connectivity index (χ1n) is 8.52. The molecule has 1 atom stereocenters. The molecule has 2 aromatic rings. The van der Waals surface area contributed by atoms with Crippen LogP contribution < -0.4 is 5.32 Å². The Morgan fingerprint density at radius 2 is 1.74 bits per heavy atom. The van der Waals surface area contributed by atoms with Crippen LogP contribution in [0.15, 0.2) is 53.4 Å². The maximum atomic E-state index is 13.1. The highest BCUT2D eigenvalue weighted by Gasteiger charge is 2.27. The highest BCUT2D eigenvalue weighted by atomic mass is 35.5. The predicted molar refractivity (Wildman–Crippen MR) is 108 cm³/mol. The summed E-state index contributed by atoms with van der Waals surface area (Å²) >= 11 is 12.0. The second kappa shape index (κ2) is 9.55. The van der Waals surface area contributed by atoms with E-state index in [0.29, 0.717) is 15.6 Å². The zero-order chi connectivity index (χ0) is 20.0. The van der Waals surface area contributed by atoms with E-state index >= 15 is 0 Å². The number of halogens is 2. The highest BCUT2D eigenvalue weighted by molar-refractivity contribution is 7.89. The Kier molecular flexibility index (Phi) is 7.68. The van der Waals surface area contributed by atoms with Gasteiger partial charge in [0, 0.05) is 22.6 Å². The molecular formula is C19H22Cl2N2O3S. The van der Waals surface area contributed by atoms with Gasteiger partial charge in [0.15, 0.2) is 0 Å². The van der Waals surface area contributed by atoms with Crippen LogP contribution in [0.1, 0.15) is 25.8 Å². The molecule has 146 valence electrons. The molecule has 0 saturated heterocycles. The van der Waals surface area contributed by atoms with Crippen molar-refractivity contribution in [2.24, 2.45) is 0 Å². The fraction of sp³-hybridized carbons (Fsp3) is 0.316. The molecule has 0 aliphatic heterocycles. The topological polar surface area (TPSA) is 66.5 Å². The molecule has 0 fully saturated rings. The van der Waals surface area contributed by atoms with Gasteiger partial charge in [-0.2, -0.15) is 4.31 Å². The monoisotopic (exact) mass is 428 g/mol. The number of benzene rings is 2. The standard InChI is InChI=1S/C19H22Cl2N2O3S/c1-3-14(2)22-19(24)13-23(12-15-6-4-5-7-18(15)21)27(25,26)17-10-8-16(20)9-11-17/h4-11,14H,3,12-13H2,1-2H3,(H,22,24)/t14-/m0/s1. The molecule has 8 heteroatoms. The van der Waals surface area contributed by atoms with Crippen LogP contribution in [0.2, 0.25) is 10.0 Å². The van der Waals surface area contributed by atoms with Crippen LogP contribution in [0.25, 0.3) is 0 Å². The minimum absolute atomic E-state index is 0.0153. The van der Waals surface area contributed by atoms with Crippen molar-refractivity contribution in [1.29, 1.82) is 0 Å². The molecule has 27 heavy (non-hydrogen) atoms. The van der Waals surface area contributed by atoms with Crippen LogP contribution in [0.3, 0.4) is 0 Å². The number of sulfonamides is 1. The molecule has 0 aromatic heterocycles. The molecule has 2 aromatic carbocycles. The lowest BCUT2D eigenvalue weighted by Crippen LogP contribution is -2.43. The van der Waals surface area contributed by atoms with E-state index in [0.717, 1.165) is 10.7 Å². The number of nitrogens with one attached hydrogen (secondary N) is 1. The number of carbonyl (C=O) groups excluding carboxylic acids is 1. The number of carbonyl (C=O) groups is 1. The Bertz CT molecular complexity index is 886. The summed E-state index contributed by atoms with van der Waals surface area (Å²) in [5.74, 6) is -0.367. The van der Waals surface area contributed by atoms with Crippen molar-refractivity contribution < 1.29 is 13.2 Å². The normalized spacial score (nSPS) is 12.8. The van der Waals surface area contributed by atoms with Crippen LogP contribution >= 0.6 is 23.2 Å². The smallest absolute Gasteiger partial charge is 0.243 e. The van der Waals surface area contributed by atoms with E-state index in [1.165, 1.54) is 24.3 Å². The van der Waals surface area contributed by atoms with E-state index in [2.05, 4.69) is 5.32 Å². The van der Waals surface area contributed by atoms with Crippen LogP contribution in [-0.4, -0.2) is 31.2 Å². The molecule has 0 bridgehead atoms. The largest absolute Gasteiger partial charge is 0.353 e. The lowest BCUT2D eigenvalue weighted by atomic mass is 10.2. The van der Waals surface area contributed by atoms with Crippen LogP contribution in [-0.2, 0) is 21.4 Å². The third-order valence-electron chi connectivity index (χ3n) is 4.10. The lowest BCUT2D eigenvalue weighted by molar-refractivity contribution is -0.122. The first-order valence-corrected chi connectivity index (χ1v) is 10.7. The van der Waals surface area contributed by atoms with Crippen molar-refractivity contribution in [2.75, 3.05) is 6.54 Å². The molecule has 0 radical (unpaired) electrons. The van der Waals surface area contributed by atoms with Gasteiger partial charge in [-0.3, -0.25) is 4.79 Å². The molecule has 0 aliphatic carbocycles. The first kappa shape index (κ1) is 21.7. The molecule has 1 amide bonds. The van der Waals surface area contributed by atoms with Crippen molar-refractivity contribution in [3.8, 4) is 0 Å². The van der Waals surface area contributed by atoms with Gasteiger partial charge in [-0.15, -0.1) is 0 Å². The van der Waals surface area contributed by atoms with E-state index in [1.54, 1.807) is 24.3 Å². The Morgan fingerprint density at radius 1 is 1.11 bits per heavy atom. The van der Waals surface area contributed by atoms with Crippen molar-refractivity contribution >= 4 is 39.1 Å². The van der Waals surface area contributed by atoms with Gasteiger partial charge < -0.3 is 5.32 Å². The number of hydrogen-bond acceptors (Lipinski definition) is 3. The van der Waals surface area contributed by atoms with Crippen molar-refractivity contribution in [3.63, 3.8) is 0 Å². The molecular weight excluding hydrogens is 407 g/mol. The van der Waals surface area contributed by atoms with Crippen LogP contribution in [0, 0.1) is 0 Å². The Labute approximate surface area is 170 Å². The third kappa shape index (κ3) is 5.94. The molecule has 2 rings (SSSR count). The summed E-state index contributed by atoms with van der Waals surface area (Å²) in [7, 11) is -3.92. The Hall–Kier alpha value is -1.60. The molecule has 0 saturated carbocycles. The fourth-order valence-electron chi connectivity index (χ4n) is 2.38. The lowest BCUT2D eigenvalue weighted by Gasteiger charge is -2.23. The second-order valence-electron chi connectivity index (χ2n) is 6.20. The summed E-state index contributed by atoms with van der Waals surface area (Å²) in [6, 6.07) is 12.8. The minimum atomic E-state index is -3.92. The minimum Gasteiger partial charge on any atom is -0.353 e. The first-order chi connectivity index (χ1) is 12.7.